The van der Waals surface area contributed by atoms with E-state index in [0.29, 0.717) is 5.88 Å². The summed E-state index contributed by atoms with van der Waals surface area (Å²) in [7, 11) is 3.65. The fraction of sp³-hybridized carbons (Fsp3) is 0.636. The lowest BCUT2D eigenvalue weighted by Crippen LogP contribution is -2.34. The molecule has 0 saturated carbocycles. The molecule has 1 unspecified atom stereocenters. The summed E-state index contributed by atoms with van der Waals surface area (Å²) in [5.41, 5.74) is 0.916. The Morgan fingerprint density at radius 3 is 2.94 bits per heavy atom. The highest BCUT2D eigenvalue weighted by molar-refractivity contribution is 7.09. The molecule has 0 radical (unpaired) electrons. The van der Waals surface area contributed by atoms with Gasteiger partial charge in [0.05, 0.1) is 18.1 Å². The average Bonchev–Trinajstić information content (AvgIpc) is 2.75. The van der Waals surface area contributed by atoms with Crippen molar-refractivity contribution < 1.29 is 4.79 Å². The Hall–Kier alpha value is -0.650. The smallest absolute Gasteiger partial charge is 0.223 e. The van der Waals surface area contributed by atoms with E-state index in [1.54, 1.807) is 18.4 Å². The van der Waals surface area contributed by atoms with Crippen LogP contribution in [0.15, 0.2) is 5.38 Å². The molecule has 0 aliphatic rings. The largest absolute Gasteiger partial charge is 0.359 e. The van der Waals surface area contributed by atoms with E-state index in [4.69, 9.17) is 11.6 Å². The summed E-state index contributed by atoms with van der Waals surface area (Å²) in [5, 5.41) is 5.66. The molecule has 0 saturated heterocycles. The Morgan fingerprint density at radius 1 is 1.71 bits per heavy atom. The van der Waals surface area contributed by atoms with E-state index in [1.807, 2.05) is 19.4 Å². The van der Waals surface area contributed by atoms with Crippen molar-refractivity contribution in [1.29, 1.82) is 0 Å². The molecule has 0 spiro atoms. The molecule has 1 aromatic rings. The molecule has 1 rings (SSSR count). The molecular weight excluding hydrogens is 258 g/mol. The van der Waals surface area contributed by atoms with E-state index >= 15 is 0 Å². The maximum atomic E-state index is 11.4. The molecule has 1 aromatic heterocycles. The highest BCUT2D eigenvalue weighted by Gasteiger charge is 2.14. The Kier molecular flexibility index (Phi) is 5.88. The number of amides is 1. The molecule has 1 heterocycles. The Morgan fingerprint density at radius 2 is 2.41 bits per heavy atom. The number of thiazole rings is 1. The van der Waals surface area contributed by atoms with Crippen molar-refractivity contribution in [2.75, 3.05) is 20.6 Å². The number of nitrogens with zero attached hydrogens (tertiary/aromatic N) is 2. The number of alkyl halides is 1. The fourth-order valence-electron chi connectivity index (χ4n) is 1.58. The average molecular weight is 276 g/mol. The van der Waals surface area contributed by atoms with E-state index in [2.05, 4.69) is 15.2 Å². The number of rotatable bonds is 6. The highest BCUT2D eigenvalue weighted by atomic mass is 35.5. The van der Waals surface area contributed by atoms with Crippen LogP contribution in [0.3, 0.4) is 0 Å². The Bertz CT molecular complexity index is 369. The van der Waals surface area contributed by atoms with Crippen LogP contribution in [-0.4, -0.2) is 36.4 Å². The maximum Gasteiger partial charge on any atom is 0.223 e. The molecule has 0 aliphatic heterocycles. The molecule has 1 atom stereocenters. The summed E-state index contributed by atoms with van der Waals surface area (Å²) in [4.78, 5) is 17.9. The second-order valence-corrected chi connectivity index (χ2v) is 5.29. The van der Waals surface area contributed by atoms with Gasteiger partial charge < -0.3 is 5.32 Å². The van der Waals surface area contributed by atoms with Crippen molar-refractivity contribution in [3.05, 3.63) is 16.1 Å². The first-order chi connectivity index (χ1) is 8.06. The molecule has 1 amide bonds. The lowest BCUT2D eigenvalue weighted by Gasteiger charge is -2.19. The van der Waals surface area contributed by atoms with Crippen LogP contribution in [0.5, 0.6) is 0 Å². The normalized spacial score (nSPS) is 12.8. The topological polar surface area (TPSA) is 45.2 Å². The Labute approximate surface area is 111 Å². The van der Waals surface area contributed by atoms with Crippen LogP contribution in [0.25, 0.3) is 0 Å². The molecule has 0 bridgehead atoms. The van der Waals surface area contributed by atoms with Crippen molar-refractivity contribution in [1.82, 2.24) is 15.2 Å². The summed E-state index contributed by atoms with van der Waals surface area (Å²) in [6, 6.07) is 0. The fourth-order valence-corrected chi connectivity index (χ4v) is 2.68. The van der Waals surface area contributed by atoms with Gasteiger partial charge in [0.25, 0.3) is 0 Å². The second-order valence-electron chi connectivity index (χ2n) is 4.08. The minimum absolute atomic E-state index is 0.0162. The van der Waals surface area contributed by atoms with Gasteiger partial charge in [0.2, 0.25) is 5.91 Å². The number of halogens is 1. The van der Waals surface area contributed by atoms with E-state index in [0.717, 1.165) is 23.8 Å². The van der Waals surface area contributed by atoms with Gasteiger partial charge in [0, 0.05) is 24.9 Å². The van der Waals surface area contributed by atoms with Crippen molar-refractivity contribution in [3.8, 4) is 0 Å². The predicted molar refractivity (Wildman–Crippen MR) is 71.2 cm³/mol. The lowest BCUT2D eigenvalue weighted by molar-refractivity contribution is -0.124. The number of nitrogens with one attached hydrogen (secondary N) is 1. The monoisotopic (exact) mass is 275 g/mol. The number of hydrogen-bond donors (Lipinski definition) is 1. The number of carbonyl (C=O) groups excluding carboxylic acids is 1. The minimum atomic E-state index is -0.0162. The van der Waals surface area contributed by atoms with Gasteiger partial charge in [-0.05, 0) is 7.05 Å². The first-order valence-corrected chi connectivity index (χ1v) is 6.87. The summed E-state index contributed by atoms with van der Waals surface area (Å²) in [6.45, 7) is 3.39. The zero-order valence-corrected chi connectivity index (χ0v) is 11.9. The lowest BCUT2D eigenvalue weighted by atomic mass is 10.1. The summed E-state index contributed by atoms with van der Waals surface area (Å²) in [6.07, 6.45) is 0. The standard InChI is InChI=1S/C11H18ClN3OS/c1-8(11(16)13-2)5-15(3)6-10-14-9(4-12)7-17-10/h7-8H,4-6H2,1-3H3,(H,13,16). The Balaban J connectivity index is 2.43. The molecule has 4 nitrogen and oxygen atoms in total. The van der Waals surface area contributed by atoms with Gasteiger partial charge in [-0.2, -0.15) is 0 Å². The van der Waals surface area contributed by atoms with Gasteiger partial charge in [-0.25, -0.2) is 4.98 Å². The SMILES string of the molecule is CNC(=O)C(C)CN(C)Cc1nc(CCl)cs1. The summed E-state index contributed by atoms with van der Waals surface area (Å²) < 4.78 is 0. The molecule has 1 N–H and O–H groups in total. The van der Waals surface area contributed by atoms with Crippen LogP contribution in [-0.2, 0) is 17.2 Å². The van der Waals surface area contributed by atoms with Crippen LogP contribution in [0.1, 0.15) is 17.6 Å². The molecular formula is C11H18ClN3OS. The second kappa shape index (κ2) is 6.93. The van der Waals surface area contributed by atoms with Gasteiger partial charge in [-0.1, -0.05) is 6.92 Å². The third-order valence-corrected chi connectivity index (χ3v) is 3.58. The first kappa shape index (κ1) is 14.4. The summed E-state index contributed by atoms with van der Waals surface area (Å²) >= 11 is 7.31. The van der Waals surface area contributed by atoms with Crippen molar-refractivity contribution in [3.63, 3.8) is 0 Å². The predicted octanol–water partition coefficient (Wildman–Crippen LogP) is 1.70. The zero-order chi connectivity index (χ0) is 12.8. The number of carbonyl (C=O) groups is 1. The summed E-state index contributed by atoms with van der Waals surface area (Å²) in [5.74, 6) is 0.504. The molecule has 96 valence electrons. The van der Waals surface area contributed by atoms with Crippen LogP contribution < -0.4 is 5.32 Å². The van der Waals surface area contributed by atoms with Gasteiger partial charge in [0.1, 0.15) is 5.01 Å². The first-order valence-electron chi connectivity index (χ1n) is 5.46. The third kappa shape index (κ3) is 4.61. The van der Waals surface area contributed by atoms with Gasteiger partial charge >= 0.3 is 0 Å². The molecule has 0 aromatic carbocycles. The quantitative estimate of drug-likeness (QED) is 0.804. The van der Waals surface area contributed by atoms with E-state index in [-0.39, 0.29) is 11.8 Å². The van der Waals surface area contributed by atoms with E-state index < -0.39 is 0 Å². The van der Waals surface area contributed by atoms with E-state index in [9.17, 15) is 4.79 Å². The molecule has 0 fully saturated rings. The third-order valence-electron chi connectivity index (χ3n) is 2.42. The number of hydrogen-bond acceptors (Lipinski definition) is 4. The molecule has 0 aliphatic carbocycles. The van der Waals surface area contributed by atoms with Crippen LogP contribution >= 0.6 is 22.9 Å². The van der Waals surface area contributed by atoms with Crippen LogP contribution in [0, 0.1) is 5.92 Å². The minimum Gasteiger partial charge on any atom is -0.359 e. The van der Waals surface area contributed by atoms with E-state index in [1.165, 1.54) is 0 Å². The maximum absolute atomic E-state index is 11.4. The van der Waals surface area contributed by atoms with Crippen LogP contribution in [0.2, 0.25) is 0 Å². The highest BCUT2D eigenvalue weighted by Crippen LogP contribution is 2.13. The molecule has 6 heteroatoms. The van der Waals surface area contributed by atoms with Crippen molar-refractivity contribution in [2.45, 2.75) is 19.3 Å². The molecule has 17 heavy (non-hydrogen) atoms. The zero-order valence-electron chi connectivity index (χ0n) is 10.4. The van der Waals surface area contributed by atoms with Crippen molar-refractivity contribution >= 4 is 28.8 Å². The van der Waals surface area contributed by atoms with Crippen molar-refractivity contribution in [2.24, 2.45) is 5.92 Å². The van der Waals surface area contributed by atoms with Gasteiger partial charge in [-0.15, -0.1) is 22.9 Å². The van der Waals surface area contributed by atoms with Crippen LogP contribution in [0.4, 0.5) is 0 Å². The van der Waals surface area contributed by atoms with Gasteiger partial charge in [-0.3, -0.25) is 9.69 Å². The number of aromatic nitrogens is 1. The van der Waals surface area contributed by atoms with Gasteiger partial charge in [0.15, 0.2) is 0 Å².